The highest BCUT2D eigenvalue weighted by molar-refractivity contribution is 7.89. The number of non-ortho nitro benzene ring substituents is 1. The lowest BCUT2D eigenvalue weighted by Crippen LogP contribution is -2.57. The van der Waals surface area contributed by atoms with Crippen LogP contribution in [0, 0.1) is 17.0 Å². The van der Waals surface area contributed by atoms with Crippen molar-refractivity contribution in [1.29, 1.82) is 0 Å². The van der Waals surface area contributed by atoms with Crippen LogP contribution < -0.4 is 5.32 Å². The summed E-state index contributed by atoms with van der Waals surface area (Å²) in [6.07, 6.45) is 1.45. The number of nitrogens with zero attached hydrogens (tertiary/aromatic N) is 3. The molecule has 1 N–H and O–H groups in total. The number of piperazine rings is 1. The molecule has 2 aliphatic heterocycles. The normalized spacial score (nSPS) is 21.6. The molecule has 1 unspecified atom stereocenters. The Balaban J connectivity index is 0.00000261. The van der Waals surface area contributed by atoms with Gasteiger partial charge in [-0.15, -0.1) is 12.4 Å². The van der Waals surface area contributed by atoms with Crippen molar-refractivity contribution in [2.45, 2.75) is 30.7 Å². The summed E-state index contributed by atoms with van der Waals surface area (Å²) in [7, 11) is -3.77. The van der Waals surface area contributed by atoms with Gasteiger partial charge in [0.2, 0.25) is 15.9 Å². The van der Waals surface area contributed by atoms with E-state index in [-0.39, 0.29) is 48.0 Å². The molecule has 150 valence electrons. The zero-order valence-electron chi connectivity index (χ0n) is 15.0. The number of nitro groups is 1. The molecule has 1 atom stereocenters. The first kappa shape index (κ1) is 21.5. The topological polar surface area (TPSA) is 113 Å². The number of carbonyl (C=O) groups is 1. The summed E-state index contributed by atoms with van der Waals surface area (Å²) >= 11 is 0. The first-order valence-electron chi connectivity index (χ1n) is 8.56. The first-order chi connectivity index (χ1) is 12.3. The summed E-state index contributed by atoms with van der Waals surface area (Å²) in [5, 5.41) is 13.9. The van der Waals surface area contributed by atoms with Gasteiger partial charge < -0.3 is 10.2 Å². The molecule has 2 fully saturated rings. The number of hydrogen-bond donors (Lipinski definition) is 1. The van der Waals surface area contributed by atoms with Crippen molar-refractivity contribution in [1.82, 2.24) is 14.5 Å². The van der Waals surface area contributed by atoms with E-state index < -0.39 is 14.9 Å². The number of aryl methyl sites for hydroxylation is 1. The van der Waals surface area contributed by atoms with Gasteiger partial charge in [0.25, 0.3) is 5.69 Å². The number of benzene rings is 1. The zero-order chi connectivity index (χ0) is 18.9. The molecule has 1 aromatic carbocycles. The molecule has 0 saturated carbocycles. The zero-order valence-corrected chi connectivity index (χ0v) is 16.6. The van der Waals surface area contributed by atoms with Crippen molar-refractivity contribution in [2.24, 2.45) is 0 Å². The molecule has 1 aromatic rings. The minimum absolute atomic E-state index is 0. The third kappa shape index (κ3) is 4.40. The average molecular weight is 419 g/mol. The lowest BCUT2D eigenvalue weighted by molar-refractivity contribution is -0.385. The second-order valence-corrected chi connectivity index (χ2v) is 8.54. The quantitative estimate of drug-likeness (QED) is 0.574. The van der Waals surface area contributed by atoms with Gasteiger partial charge in [0.1, 0.15) is 0 Å². The SMILES string of the molecule is Cc1cc([N+](=O)[O-])ccc1S(=O)(=O)N1CCCC(N2CCNCC2=O)C1.Cl. The van der Waals surface area contributed by atoms with Crippen LogP contribution in [0.3, 0.4) is 0 Å². The minimum atomic E-state index is -3.77. The van der Waals surface area contributed by atoms with Gasteiger partial charge in [-0.3, -0.25) is 14.9 Å². The molecule has 0 aliphatic carbocycles. The predicted octanol–water partition coefficient (Wildman–Crippen LogP) is 0.910. The molecule has 0 bridgehead atoms. The van der Waals surface area contributed by atoms with Crippen molar-refractivity contribution < 1.29 is 18.1 Å². The highest BCUT2D eigenvalue weighted by atomic mass is 35.5. The number of piperidine rings is 1. The van der Waals surface area contributed by atoms with Gasteiger partial charge in [-0.2, -0.15) is 4.31 Å². The molecular formula is C16H23ClN4O5S. The molecule has 3 rings (SSSR count). The summed E-state index contributed by atoms with van der Waals surface area (Å²) in [5.41, 5.74) is 0.212. The van der Waals surface area contributed by atoms with E-state index in [1.165, 1.54) is 22.5 Å². The monoisotopic (exact) mass is 418 g/mol. The van der Waals surface area contributed by atoms with E-state index in [2.05, 4.69) is 5.32 Å². The number of nitro benzene ring substituents is 1. The van der Waals surface area contributed by atoms with Crippen LogP contribution >= 0.6 is 12.4 Å². The van der Waals surface area contributed by atoms with Crippen LogP contribution in [0.2, 0.25) is 0 Å². The van der Waals surface area contributed by atoms with Crippen LogP contribution in [0.5, 0.6) is 0 Å². The Labute approximate surface area is 164 Å². The van der Waals surface area contributed by atoms with E-state index in [0.717, 1.165) is 6.42 Å². The Morgan fingerprint density at radius 3 is 2.67 bits per heavy atom. The van der Waals surface area contributed by atoms with Crippen LogP contribution in [0.15, 0.2) is 23.1 Å². The van der Waals surface area contributed by atoms with Crippen LogP contribution in [0.1, 0.15) is 18.4 Å². The van der Waals surface area contributed by atoms with Gasteiger partial charge in [0, 0.05) is 44.4 Å². The van der Waals surface area contributed by atoms with Gasteiger partial charge in [-0.25, -0.2) is 8.42 Å². The van der Waals surface area contributed by atoms with E-state index in [1.807, 2.05) is 0 Å². The Morgan fingerprint density at radius 1 is 1.30 bits per heavy atom. The van der Waals surface area contributed by atoms with Crippen LogP contribution in [0.4, 0.5) is 5.69 Å². The maximum Gasteiger partial charge on any atom is 0.269 e. The third-order valence-electron chi connectivity index (χ3n) is 4.91. The Morgan fingerprint density at radius 2 is 2.04 bits per heavy atom. The number of sulfonamides is 1. The maximum atomic E-state index is 13.0. The minimum Gasteiger partial charge on any atom is -0.336 e. The maximum absolute atomic E-state index is 13.0. The lowest BCUT2D eigenvalue weighted by Gasteiger charge is -2.40. The fourth-order valence-electron chi connectivity index (χ4n) is 3.58. The molecule has 9 nitrogen and oxygen atoms in total. The number of halogens is 1. The highest BCUT2D eigenvalue weighted by Crippen LogP contribution is 2.27. The third-order valence-corrected chi connectivity index (χ3v) is 6.94. The number of hydrogen-bond acceptors (Lipinski definition) is 6. The fourth-order valence-corrected chi connectivity index (χ4v) is 5.30. The molecule has 27 heavy (non-hydrogen) atoms. The number of carbonyl (C=O) groups excluding carboxylic acids is 1. The van der Waals surface area contributed by atoms with Crippen LogP contribution in [-0.4, -0.2) is 67.2 Å². The fraction of sp³-hybridized carbons (Fsp3) is 0.562. The van der Waals surface area contributed by atoms with Crippen molar-refractivity contribution >= 4 is 34.0 Å². The van der Waals surface area contributed by atoms with Crippen LogP contribution in [-0.2, 0) is 14.8 Å². The summed E-state index contributed by atoms with van der Waals surface area (Å²) in [6.45, 7) is 3.76. The molecule has 2 saturated heterocycles. The Bertz CT molecular complexity index is 832. The largest absolute Gasteiger partial charge is 0.336 e. The average Bonchev–Trinajstić information content (AvgIpc) is 2.62. The Hall–Kier alpha value is -1.75. The lowest BCUT2D eigenvalue weighted by atomic mass is 10.1. The second-order valence-electron chi connectivity index (χ2n) is 6.63. The molecule has 0 spiro atoms. The van der Waals surface area contributed by atoms with Crippen molar-refractivity contribution in [3.05, 3.63) is 33.9 Å². The molecular weight excluding hydrogens is 396 g/mol. The standard InChI is InChI=1S/C16H22N4O5S.ClH/c1-12-9-13(20(22)23)4-5-15(12)26(24,25)18-7-2-3-14(11-18)19-8-6-17-10-16(19)21;/h4-5,9,14,17H,2-3,6-8,10-11H2,1H3;1H. The van der Waals surface area contributed by atoms with E-state index in [0.29, 0.717) is 31.6 Å². The van der Waals surface area contributed by atoms with Gasteiger partial charge >= 0.3 is 0 Å². The number of amides is 1. The number of rotatable bonds is 4. The molecule has 0 aromatic heterocycles. The van der Waals surface area contributed by atoms with Gasteiger partial charge in [0.05, 0.1) is 16.4 Å². The summed E-state index contributed by atoms with van der Waals surface area (Å²) in [5.74, 6) is -0.00739. The molecule has 1 amide bonds. The van der Waals surface area contributed by atoms with E-state index in [4.69, 9.17) is 0 Å². The van der Waals surface area contributed by atoms with Gasteiger partial charge in [0.15, 0.2) is 0 Å². The predicted molar refractivity (Wildman–Crippen MR) is 101 cm³/mol. The molecule has 2 aliphatic rings. The summed E-state index contributed by atoms with van der Waals surface area (Å²) in [6, 6.07) is 3.64. The van der Waals surface area contributed by atoms with Crippen molar-refractivity contribution in [3.63, 3.8) is 0 Å². The smallest absolute Gasteiger partial charge is 0.269 e. The van der Waals surface area contributed by atoms with E-state index >= 15 is 0 Å². The Kier molecular flexibility index (Phi) is 6.79. The van der Waals surface area contributed by atoms with Gasteiger partial charge in [-0.05, 0) is 31.4 Å². The molecule has 11 heteroatoms. The summed E-state index contributed by atoms with van der Waals surface area (Å²) in [4.78, 5) is 24.3. The van der Waals surface area contributed by atoms with E-state index in [1.54, 1.807) is 11.8 Å². The summed E-state index contributed by atoms with van der Waals surface area (Å²) < 4.78 is 27.5. The van der Waals surface area contributed by atoms with Crippen LogP contribution in [0.25, 0.3) is 0 Å². The molecule has 2 heterocycles. The van der Waals surface area contributed by atoms with E-state index in [9.17, 15) is 23.3 Å². The van der Waals surface area contributed by atoms with Gasteiger partial charge in [-0.1, -0.05) is 0 Å². The molecule has 0 radical (unpaired) electrons. The van der Waals surface area contributed by atoms with Crippen molar-refractivity contribution in [2.75, 3.05) is 32.7 Å². The first-order valence-corrected chi connectivity index (χ1v) is 10.00. The highest BCUT2D eigenvalue weighted by Gasteiger charge is 2.35. The van der Waals surface area contributed by atoms with Crippen molar-refractivity contribution in [3.8, 4) is 0 Å². The second kappa shape index (κ2) is 8.51. The number of nitrogens with one attached hydrogen (secondary N) is 1.